The highest BCUT2D eigenvalue weighted by Gasteiger charge is 2.58. The molecule has 0 N–H and O–H groups in total. The van der Waals surface area contributed by atoms with E-state index in [0.717, 1.165) is 17.7 Å². The summed E-state index contributed by atoms with van der Waals surface area (Å²) in [6.07, 6.45) is 8.12. The summed E-state index contributed by atoms with van der Waals surface area (Å²) in [5.41, 5.74) is 1.41. The number of carbonyl (C=O) groups is 2. The summed E-state index contributed by atoms with van der Waals surface area (Å²) < 4.78 is 2.06. The number of likely N-dealkylation sites (tertiary alicyclic amines) is 2. The molecule has 2 aliphatic rings. The molecule has 4 heterocycles. The van der Waals surface area contributed by atoms with Crippen LogP contribution in [-0.4, -0.2) is 55.8 Å². The fourth-order valence-electron chi connectivity index (χ4n) is 4.53. The third-order valence-electron chi connectivity index (χ3n) is 6.23. The van der Waals surface area contributed by atoms with Crippen LogP contribution in [-0.2, 0) is 16.1 Å². The van der Waals surface area contributed by atoms with Gasteiger partial charge in [-0.05, 0) is 38.0 Å². The van der Waals surface area contributed by atoms with Gasteiger partial charge in [-0.3, -0.25) is 14.6 Å². The molecular formula is C21H27N5O2. The fourth-order valence-corrected chi connectivity index (χ4v) is 4.53. The molecule has 0 bridgehead atoms. The topological polar surface area (TPSA) is 71.3 Å². The Kier molecular flexibility index (Phi) is 4.69. The van der Waals surface area contributed by atoms with Crippen LogP contribution in [0.1, 0.15) is 50.4 Å². The third kappa shape index (κ3) is 3.08. The summed E-state index contributed by atoms with van der Waals surface area (Å²) in [7, 11) is 0. The highest BCUT2D eigenvalue weighted by Crippen LogP contribution is 2.49. The van der Waals surface area contributed by atoms with Gasteiger partial charge in [0.05, 0.1) is 17.4 Å². The molecule has 2 atom stereocenters. The van der Waals surface area contributed by atoms with E-state index in [-0.39, 0.29) is 17.7 Å². The number of aromatic nitrogens is 3. The quantitative estimate of drug-likeness (QED) is 0.814. The SMILES string of the molecule is CC(=O)N1CC(c2cn(C(C)C)cn2)C2(CCN(Cc3ccncc3)C2=O)C1. The predicted molar refractivity (Wildman–Crippen MR) is 104 cm³/mol. The molecule has 0 saturated carbocycles. The highest BCUT2D eigenvalue weighted by atomic mass is 16.2. The Labute approximate surface area is 165 Å². The summed E-state index contributed by atoms with van der Waals surface area (Å²) in [5, 5.41) is 0. The smallest absolute Gasteiger partial charge is 0.231 e. The van der Waals surface area contributed by atoms with E-state index in [1.165, 1.54) is 0 Å². The van der Waals surface area contributed by atoms with Crippen LogP contribution < -0.4 is 0 Å². The fraction of sp³-hybridized carbons (Fsp3) is 0.524. The second kappa shape index (κ2) is 7.04. The van der Waals surface area contributed by atoms with Crippen LogP contribution in [0, 0.1) is 5.41 Å². The number of hydrogen-bond donors (Lipinski definition) is 0. The van der Waals surface area contributed by atoms with Crippen LogP contribution in [0.15, 0.2) is 37.1 Å². The van der Waals surface area contributed by atoms with Gasteiger partial charge in [0.25, 0.3) is 0 Å². The van der Waals surface area contributed by atoms with Gasteiger partial charge in [0, 0.05) is 63.7 Å². The van der Waals surface area contributed by atoms with Crippen LogP contribution in [0.4, 0.5) is 0 Å². The second-order valence-electron chi connectivity index (χ2n) is 8.28. The van der Waals surface area contributed by atoms with Crippen LogP contribution in [0.5, 0.6) is 0 Å². The molecule has 7 nitrogen and oxygen atoms in total. The van der Waals surface area contributed by atoms with Gasteiger partial charge in [-0.25, -0.2) is 4.98 Å². The Hall–Kier alpha value is -2.70. The van der Waals surface area contributed by atoms with Crippen LogP contribution in [0.25, 0.3) is 0 Å². The molecule has 2 aromatic heterocycles. The summed E-state index contributed by atoms with van der Waals surface area (Å²) in [5.74, 6) is 0.0917. The molecular weight excluding hydrogens is 354 g/mol. The zero-order chi connectivity index (χ0) is 19.9. The molecule has 28 heavy (non-hydrogen) atoms. The van der Waals surface area contributed by atoms with Gasteiger partial charge in [-0.1, -0.05) is 0 Å². The minimum absolute atomic E-state index is 0.0190. The van der Waals surface area contributed by atoms with Gasteiger partial charge in [-0.2, -0.15) is 0 Å². The van der Waals surface area contributed by atoms with Crippen molar-refractivity contribution in [1.29, 1.82) is 0 Å². The molecule has 0 aliphatic carbocycles. The lowest BCUT2D eigenvalue weighted by Gasteiger charge is -2.27. The zero-order valence-electron chi connectivity index (χ0n) is 16.7. The second-order valence-corrected chi connectivity index (χ2v) is 8.28. The molecule has 0 radical (unpaired) electrons. The monoisotopic (exact) mass is 381 g/mol. The largest absolute Gasteiger partial charge is 0.341 e. The molecule has 2 fully saturated rings. The van der Waals surface area contributed by atoms with Crippen molar-refractivity contribution in [3.8, 4) is 0 Å². The zero-order valence-corrected chi connectivity index (χ0v) is 16.7. The minimum Gasteiger partial charge on any atom is -0.341 e. The van der Waals surface area contributed by atoms with E-state index in [1.54, 1.807) is 19.3 Å². The summed E-state index contributed by atoms with van der Waals surface area (Å²) in [4.78, 5) is 38.1. The minimum atomic E-state index is -0.575. The van der Waals surface area contributed by atoms with Crippen molar-refractivity contribution in [2.75, 3.05) is 19.6 Å². The number of amides is 2. The first-order valence-corrected chi connectivity index (χ1v) is 9.88. The van der Waals surface area contributed by atoms with Gasteiger partial charge >= 0.3 is 0 Å². The molecule has 0 aromatic carbocycles. The van der Waals surface area contributed by atoms with Crippen molar-refractivity contribution in [3.63, 3.8) is 0 Å². The van der Waals surface area contributed by atoms with E-state index in [4.69, 9.17) is 0 Å². The lowest BCUT2D eigenvalue weighted by atomic mass is 9.75. The van der Waals surface area contributed by atoms with Gasteiger partial charge in [-0.15, -0.1) is 0 Å². The van der Waals surface area contributed by atoms with Gasteiger partial charge < -0.3 is 14.4 Å². The Bertz CT molecular complexity index is 878. The summed E-state index contributed by atoms with van der Waals surface area (Å²) in [6, 6.07) is 4.19. The van der Waals surface area contributed by atoms with Crippen molar-refractivity contribution in [1.82, 2.24) is 24.3 Å². The van der Waals surface area contributed by atoms with Crippen molar-refractivity contribution in [3.05, 3.63) is 48.3 Å². The number of carbonyl (C=O) groups excluding carboxylic acids is 2. The maximum Gasteiger partial charge on any atom is 0.231 e. The molecule has 2 saturated heterocycles. The van der Waals surface area contributed by atoms with Crippen molar-refractivity contribution >= 4 is 11.8 Å². The molecule has 1 spiro atoms. The first-order valence-electron chi connectivity index (χ1n) is 9.88. The maximum atomic E-state index is 13.6. The number of nitrogens with zero attached hydrogens (tertiary/aromatic N) is 5. The number of hydrogen-bond acceptors (Lipinski definition) is 4. The van der Waals surface area contributed by atoms with Crippen LogP contribution >= 0.6 is 0 Å². The highest BCUT2D eigenvalue weighted by molar-refractivity contribution is 5.88. The molecule has 2 unspecified atom stereocenters. The van der Waals surface area contributed by atoms with E-state index in [2.05, 4.69) is 28.4 Å². The molecule has 2 aromatic rings. The number of pyridine rings is 1. The number of imidazole rings is 1. The van der Waals surface area contributed by atoms with E-state index in [1.807, 2.05) is 34.5 Å². The predicted octanol–water partition coefficient (Wildman–Crippen LogP) is 2.22. The standard InChI is InChI=1S/C21H27N5O2/c1-15(2)26-12-19(23-14-26)18-11-25(16(3)27)13-21(18)6-9-24(20(21)28)10-17-4-7-22-8-5-17/h4-5,7-8,12,14-15,18H,6,9-11,13H2,1-3H3. The van der Waals surface area contributed by atoms with E-state index in [0.29, 0.717) is 32.2 Å². The third-order valence-corrected chi connectivity index (χ3v) is 6.23. The average molecular weight is 381 g/mol. The lowest BCUT2D eigenvalue weighted by molar-refractivity contribution is -0.137. The van der Waals surface area contributed by atoms with Crippen LogP contribution in [0.3, 0.4) is 0 Å². The van der Waals surface area contributed by atoms with E-state index in [9.17, 15) is 9.59 Å². The first-order chi connectivity index (χ1) is 13.4. The van der Waals surface area contributed by atoms with E-state index >= 15 is 0 Å². The molecule has 2 aliphatic heterocycles. The van der Waals surface area contributed by atoms with Crippen molar-refractivity contribution in [2.45, 2.75) is 45.7 Å². The molecule has 148 valence electrons. The normalized spacial score (nSPS) is 24.7. The van der Waals surface area contributed by atoms with Crippen molar-refractivity contribution < 1.29 is 9.59 Å². The van der Waals surface area contributed by atoms with Crippen LogP contribution in [0.2, 0.25) is 0 Å². The Morgan fingerprint density at radius 2 is 2.07 bits per heavy atom. The summed E-state index contributed by atoms with van der Waals surface area (Å²) in [6.45, 7) is 8.11. The Morgan fingerprint density at radius 3 is 2.71 bits per heavy atom. The van der Waals surface area contributed by atoms with Crippen molar-refractivity contribution in [2.24, 2.45) is 5.41 Å². The first kappa shape index (κ1) is 18.7. The lowest BCUT2D eigenvalue weighted by Crippen LogP contribution is -2.40. The maximum absolute atomic E-state index is 13.6. The van der Waals surface area contributed by atoms with E-state index < -0.39 is 5.41 Å². The summed E-state index contributed by atoms with van der Waals surface area (Å²) >= 11 is 0. The molecule has 4 rings (SSSR count). The molecule has 7 heteroatoms. The Morgan fingerprint density at radius 1 is 1.32 bits per heavy atom. The molecule has 2 amide bonds. The number of rotatable bonds is 4. The Balaban J connectivity index is 1.64. The average Bonchev–Trinajstić information content (AvgIpc) is 3.37. The van der Waals surface area contributed by atoms with Gasteiger partial charge in [0.2, 0.25) is 11.8 Å². The van der Waals surface area contributed by atoms with Gasteiger partial charge in [0.1, 0.15) is 0 Å². The van der Waals surface area contributed by atoms with Gasteiger partial charge in [0.15, 0.2) is 0 Å².